The number of anilines is 1. The van der Waals surface area contributed by atoms with Crippen LogP contribution in [-0.2, 0) is 5.72 Å². The van der Waals surface area contributed by atoms with Gasteiger partial charge in [-0.15, -0.1) is 0 Å². The monoisotopic (exact) mass is 468 g/mol. The topological polar surface area (TPSA) is 26.5 Å². The number of amidine groups is 1. The van der Waals surface area contributed by atoms with Gasteiger partial charge in [0, 0.05) is 22.0 Å². The summed E-state index contributed by atoms with van der Waals surface area (Å²) in [7, 11) is 0. The number of nitrogens with zero attached hydrogens (tertiary/aromatic N) is 2. The number of aliphatic hydroxyl groups is 1. The zero-order valence-electron chi connectivity index (χ0n) is 15.2. The summed E-state index contributed by atoms with van der Waals surface area (Å²) in [6, 6.07) is 15.4. The molecule has 0 amide bonds. The number of hydrogen-bond acceptors (Lipinski definition) is 2. The summed E-state index contributed by atoms with van der Waals surface area (Å²) in [4.78, 5) is 2.24. The molecule has 2 aliphatic rings. The Morgan fingerprint density at radius 1 is 1.00 bits per heavy atom. The molecule has 0 spiro atoms. The molecule has 2 aromatic rings. The Morgan fingerprint density at radius 3 is 2.22 bits per heavy atom. The maximum Gasteiger partial charge on any atom is 0.271 e. The van der Waals surface area contributed by atoms with Gasteiger partial charge < -0.3 is 22.1 Å². The zero-order valence-corrected chi connectivity index (χ0v) is 18.3. The van der Waals surface area contributed by atoms with E-state index in [2.05, 4.69) is 16.4 Å². The lowest BCUT2D eigenvalue weighted by Gasteiger charge is -2.24. The van der Waals surface area contributed by atoms with Crippen LogP contribution in [0.1, 0.15) is 31.7 Å². The molecule has 0 saturated carbocycles. The van der Waals surface area contributed by atoms with Crippen molar-refractivity contribution in [2.75, 3.05) is 18.0 Å². The average molecular weight is 470 g/mol. The van der Waals surface area contributed by atoms with E-state index < -0.39 is 5.72 Å². The molecule has 2 aromatic carbocycles. The molecular weight excluding hydrogens is 447 g/mol. The van der Waals surface area contributed by atoms with Gasteiger partial charge in [0.25, 0.3) is 11.6 Å². The average Bonchev–Trinajstić information content (AvgIpc) is 2.77. The molecular formula is C21H23BrCl2N2O. The number of β-amino-alcohol motifs (C(OH)–C–C–N with tert-alkyl or cyclic N) is 1. The minimum absolute atomic E-state index is 0. The summed E-state index contributed by atoms with van der Waals surface area (Å²) in [5.74, 6) is 1.84. The Morgan fingerprint density at radius 2 is 1.59 bits per heavy atom. The van der Waals surface area contributed by atoms with Crippen LogP contribution in [0.3, 0.4) is 0 Å². The van der Waals surface area contributed by atoms with Crippen LogP contribution >= 0.6 is 23.2 Å². The molecule has 0 radical (unpaired) electrons. The molecule has 2 atom stereocenters. The van der Waals surface area contributed by atoms with Crippen LogP contribution in [0.4, 0.5) is 5.69 Å². The van der Waals surface area contributed by atoms with Crippen molar-refractivity contribution in [3.05, 3.63) is 64.1 Å². The van der Waals surface area contributed by atoms with Gasteiger partial charge in [-0.2, -0.15) is 0 Å². The van der Waals surface area contributed by atoms with E-state index in [1.807, 2.05) is 48.5 Å². The smallest absolute Gasteiger partial charge is 0.271 e. The van der Waals surface area contributed by atoms with Crippen LogP contribution in [0.2, 0.25) is 10.0 Å². The van der Waals surface area contributed by atoms with Crippen LogP contribution in [0.15, 0.2) is 48.5 Å². The second-order valence-corrected chi connectivity index (χ2v) is 8.26. The SMILES string of the molecule is CC1CCC2=[N+](CC1)C(O)(c1ccc(Cl)cc1)CN2c1ccc(Cl)cc1.[Br-]. The van der Waals surface area contributed by atoms with Crippen molar-refractivity contribution < 1.29 is 26.7 Å². The highest BCUT2D eigenvalue weighted by atomic mass is 79.9. The van der Waals surface area contributed by atoms with Crippen molar-refractivity contribution in [1.29, 1.82) is 0 Å². The molecule has 2 heterocycles. The predicted molar refractivity (Wildman–Crippen MR) is 107 cm³/mol. The molecule has 4 rings (SSSR count). The first kappa shape index (κ1) is 20.7. The molecule has 0 aliphatic carbocycles. The van der Waals surface area contributed by atoms with E-state index in [9.17, 15) is 5.11 Å². The van der Waals surface area contributed by atoms with E-state index in [4.69, 9.17) is 23.2 Å². The van der Waals surface area contributed by atoms with Crippen LogP contribution in [-0.4, -0.2) is 28.6 Å². The van der Waals surface area contributed by atoms with Crippen molar-refractivity contribution in [3.8, 4) is 0 Å². The normalized spacial score (nSPS) is 25.0. The predicted octanol–water partition coefficient (Wildman–Crippen LogP) is 1.89. The summed E-state index contributed by atoms with van der Waals surface area (Å²) < 4.78 is 2.19. The van der Waals surface area contributed by atoms with Gasteiger partial charge in [-0.25, -0.2) is 9.48 Å². The third kappa shape index (κ3) is 3.91. The van der Waals surface area contributed by atoms with Crippen LogP contribution in [0.5, 0.6) is 0 Å². The van der Waals surface area contributed by atoms with E-state index in [0.717, 1.165) is 42.1 Å². The van der Waals surface area contributed by atoms with Crippen LogP contribution in [0, 0.1) is 5.92 Å². The van der Waals surface area contributed by atoms with Crippen molar-refractivity contribution >= 4 is 34.7 Å². The van der Waals surface area contributed by atoms with Gasteiger partial charge in [-0.3, -0.25) is 0 Å². The number of rotatable bonds is 2. The largest absolute Gasteiger partial charge is 1.00 e. The minimum Gasteiger partial charge on any atom is -1.00 e. The van der Waals surface area contributed by atoms with E-state index in [1.54, 1.807) is 0 Å². The third-order valence-electron chi connectivity index (χ3n) is 5.60. The summed E-state index contributed by atoms with van der Waals surface area (Å²) in [6.45, 7) is 3.64. The van der Waals surface area contributed by atoms with Gasteiger partial charge in [0.1, 0.15) is 5.69 Å². The summed E-state index contributed by atoms with van der Waals surface area (Å²) >= 11 is 12.1. The maximum atomic E-state index is 11.7. The van der Waals surface area contributed by atoms with Gasteiger partial charge in [0.15, 0.2) is 6.54 Å². The first-order valence-corrected chi connectivity index (χ1v) is 9.88. The van der Waals surface area contributed by atoms with E-state index in [-0.39, 0.29) is 17.0 Å². The highest BCUT2D eigenvalue weighted by Crippen LogP contribution is 2.36. The molecule has 0 bridgehead atoms. The molecule has 1 N–H and O–H groups in total. The van der Waals surface area contributed by atoms with E-state index in [1.165, 1.54) is 5.84 Å². The second-order valence-electron chi connectivity index (χ2n) is 7.39. The summed E-state index contributed by atoms with van der Waals surface area (Å²) in [5.41, 5.74) is 0.892. The fourth-order valence-electron chi connectivity index (χ4n) is 4.03. The first-order chi connectivity index (χ1) is 12.5. The fourth-order valence-corrected chi connectivity index (χ4v) is 4.29. The Hall–Kier alpha value is -1.07. The van der Waals surface area contributed by atoms with Gasteiger partial charge in [0.05, 0.1) is 6.54 Å². The second kappa shape index (κ2) is 8.12. The molecule has 2 aliphatic heterocycles. The number of hydrogen-bond donors (Lipinski definition) is 1. The van der Waals surface area contributed by atoms with Gasteiger partial charge in [-0.1, -0.05) is 42.3 Å². The Balaban J connectivity index is 0.00000210. The van der Waals surface area contributed by atoms with Crippen molar-refractivity contribution in [3.63, 3.8) is 0 Å². The maximum absolute atomic E-state index is 11.7. The van der Waals surface area contributed by atoms with Gasteiger partial charge in [0.2, 0.25) is 0 Å². The first-order valence-electron chi connectivity index (χ1n) is 9.12. The lowest BCUT2D eigenvalue weighted by Crippen LogP contribution is -3.00. The van der Waals surface area contributed by atoms with Crippen LogP contribution < -0.4 is 21.9 Å². The third-order valence-corrected chi connectivity index (χ3v) is 6.10. The Kier molecular flexibility index (Phi) is 6.21. The molecule has 0 fully saturated rings. The lowest BCUT2D eigenvalue weighted by molar-refractivity contribution is -0.658. The Labute approximate surface area is 181 Å². The molecule has 0 aromatic heterocycles. The molecule has 144 valence electrons. The highest BCUT2D eigenvalue weighted by molar-refractivity contribution is 6.30. The van der Waals surface area contributed by atoms with Gasteiger partial charge >= 0.3 is 0 Å². The molecule has 3 nitrogen and oxygen atoms in total. The number of halogens is 3. The van der Waals surface area contributed by atoms with Gasteiger partial charge in [-0.05, 0) is 55.2 Å². The van der Waals surface area contributed by atoms with Crippen LogP contribution in [0.25, 0.3) is 0 Å². The highest BCUT2D eigenvalue weighted by Gasteiger charge is 2.52. The molecule has 27 heavy (non-hydrogen) atoms. The standard InChI is InChI=1S/C21H23Cl2N2O.BrH/c1-15-2-11-20-24(19-9-7-18(23)8-10-19)14-21(26,25(20)13-12-15)16-3-5-17(22)6-4-16;/h3-10,15,26H,2,11-14H2,1H3;1H/q+1;/p-1. The van der Waals surface area contributed by atoms with Crippen molar-refractivity contribution in [1.82, 2.24) is 0 Å². The van der Waals surface area contributed by atoms with Crippen molar-refractivity contribution in [2.24, 2.45) is 5.92 Å². The lowest BCUT2D eigenvalue weighted by atomic mass is 10.00. The number of benzene rings is 2. The molecule has 0 saturated heterocycles. The minimum atomic E-state index is -1.05. The van der Waals surface area contributed by atoms with E-state index in [0.29, 0.717) is 17.5 Å². The Bertz CT molecular complexity index is 838. The molecule has 6 heteroatoms. The molecule has 2 unspecified atom stereocenters. The van der Waals surface area contributed by atoms with Crippen molar-refractivity contribution in [2.45, 2.75) is 31.9 Å². The quantitative estimate of drug-likeness (QED) is 0.680. The van der Waals surface area contributed by atoms with E-state index >= 15 is 0 Å². The summed E-state index contributed by atoms with van der Waals surface area (Å²) in [5, 5.41) is 13.1. The fraction of sp³-hybridized carbons (Fsp3) is 0.381. The summed E-state index contributed by atoms with van der Waals surface area (Å²) in [6.07, 6.45) is 3.17. The zero-order chi connectivity index (χ0) is 18.3.